The molecule has 25 heavy (non-hydrogen) atoms. The molecule has 2 aromatic carbocycles. The van der Waals surface area contributed by atoms with Crippen LogP contribution in [0.3, 0.4) is 0 Å². The number of halogens is 1. The van der Waals surface area contributed by atoms with E-state index in [0.717, 1.165) is 17.0 Å². The fourth-order valence-corrected chi connectivity index (χ4v) is 3.22. The van der Waals surface area contributed by atoms with Gasteiger partial charge in [0.1, 0.15) is 5.60 Å². The summed E-state index contributed by atoms with van der Waals surface area (Å²) in [5.74, 6) is 0.969. The van der Waals surface area contributed by atoms with Crippen molar-refractivity contribution in [2.24, 2.45) is 5.92 Å². The van der Waals surface area contributed by atoms with Gasteiger partial charge in [0, 0.05) is 11.6 Å². The molecule has 1 N–H and O–H groups in total. The predicted octanol–water partition coefficient (Wildman–Crippen LogP) is 5.64. The number of carbonyl (C=O) groups is 1. The highest BCUT2D eigenvalue weighted by molar-refractivity contribution is 6.30. The number of carbonyl (C=O) groups excluding carboxylic acids is 1. The van der Waals surface area contributed by atoms with Crippen LogP contribution in [0.5, 0.6) is 0 Å². The Kier molecular flexibility index (Phi) is 5.05. The molecule has 2 atom stereocenters. The first-order valence-corrected chi connectivity index (χ1v) is 9.02. The van der Waals surface area contributed by atoms with E-state index in [1.54, 1.807) is 0 Å². The SMILES string of the molecule is CC(C)(C)OC(=O)NC[C@@H]1C[C@H]1c1cccc(-c2cccc(Cl)c2)c1. The van der Waals surface area contributed by atoms with Crippen LogP contribution in [0.4, 0.5) is 4.79 Å². The Morgan fingerprint density at radius 1 is 1.16 bits per heavy atom. The van der Waals surface area contributed by atoms with Crippen molar-refractivity contribution >= 4 is 17.7 Å². The van der Waals surface area contributed by atoms with Gasteiger partial charge in [-0.25, -0.2) is 4.79 Å². The Bertz CT molecular complexity index is 766. The van der Waals surface area contributed by atoms with Crippen molar-refractivity contribution < 1.29 is 9.53 Å². The van der Waals surface area contributed by atoms with Crippen molar-refractivity contribution in [2.75, 3.05) is 6.54 Å². The zero-order valence-corrected chi connectivity index (χ0v) is 15.6. The van der Waals surface area contributed by atoms with Crippen molar-refractivity contribution in [1.82, 2.24) is 5.32 Å². The molecule has 1 aliphatic rings. The first-order valence-electron chi connectivity index (χ1n) is 8.64. The fraction of sp³-hybridized carbons (Fsp3) is 0.381. The van der Waals surface area contributed by atoms with Crippen LogP contribution in [-0.4, -0.2) is 18.2 Å². The molecule has 0 saturated heterocycles. The molecule has 0 aromatic heterocycles. The molecule has 3 nitrogen and oxygen atoms in total. The quantitative estimate of drug-likeness (QED) is 0.769. The molecule has 4 heteroatoms. The molecule has 132 valence electrons. The molecule has 3 rings (SSSR count). The summed E-state index contributed by atoms with van der Waals surface area (Å²) in [6.07, 6.45) is 0.750. The molecule has 1 saturated carbocycles. The average molecular weight is 358 g/mol. The molecule has 0 spiro atoms. The van der Waals surface area contributed by atoms with Gasteiger partial charge in [-0.3, -0.25) is 0 Å². The summed E-state index contributed by atoms with van der Waals surface area (Å²) in [4.78, 5) is 11.8. The van der Waals surface area contributed by atoms with E-state index in [4.69, 9.17) is 16.3 Å². The highest BCUT2D eigenvalue weighted by atomic mass is 35.5. The molecule has 1 fully saturated rings. The van der Waals surface area contributed by atoms with Gasteiger partial charge < -0.3 is 10.1 Å². The number of ether oxygens (including phenoxy) is 1. The van der Waals surface area contributed by atoms with Gasteiger partial charge in [-0.15, -0.1) is 0 Å². The van der Waals surface area contributed by atoms with Gasteiger partial charge in [0.15, 0.2) is 0 Å². The van der Waals surface area contributed by atoms with E-state index >= 15 is 0 Å². The lowest BCUT2D eigenvalue weighted by Crippen LogP contribution is -2.33. The third kappa shape index (κ3) is 4.99. The van der Waals surface area contributed by atoms with Crippen molar-refractivity contribution in [2.45, 2.75) is 38.7 Å². The zero-order valence-electron chi connectivity index (χ0n) is 14.9. The Balaban J connectivity index is 1.59. The van der Waals surface area contributed by atoms with Crippen LogP contribution < -0.4 is 5.32 Å². The third-order valence-electron chi connectivity index (χ3n) is 4.30. The highest BCUT2D eigenvalue weighted by Crippen LogP contribution is 2.47. The zero-order chi connectivity index (χ0) is 18.0. The molecule has 0 aliphatic heterocycles. The number of amides is 1. The van der Waals surface area contributed by atoms with Crippen molar-refractivity contribution in [3.05, 3.63) is 59.1 Å². The van der Waals surface area contributed by atoms with Crippen LogP contribution in [0.25, 0.3) is 11.1 Å². The monoisotopic (exact) mass is 357 g/mol. The summed E-state index contributed by atoms with van der Waals surface area (Å²) < 4.78 is 5.28. The van der Waals surface area contributed by atoms with Crippen LogP contribution in [0, 0.1) is 5.92 Å². The number of hydrogen-bond acceptors (Lipinski definition) is 2. The van der Waals surface area contributed by atoms with Gasteiger partial charge in [-0.1, -0.05) is 48.0 Å². The maximum atomic E-state index is 11.8. The van der Waals surface area contributed by atoms with E-state index < -0.39 is 5.60 Å². The van der Waals surface area contributed by atoms with E-state index in [1.165, 1.54) is 11.1 Å². The number of alkyl carbamates (subject to hydrolysis) is 1. The third-order valence-corrected chi connectivity index (χ3v) is 4.54. The minimum atomic E-state index is -0.460. The van der Waals surface area contributed by atoms with Crippen LogP contribution in [0.1, 0.15) is 38.7 Å². The lowest BCUT2D eigenvalue weighted by molar-refractivity contribution is 0.0525. The maximum absolute atomic E-state index is 11.8. The van der Waals surface area contributed by atoms with E-state index in [0.29, 0.717) is 18.4 Å². The predicted molar refractivity (Wildman–Crippen MR) is 102 cm³/mol. The first-order chi connectivity index (χ1) is 11.8. The Hall–Kier alpha value is -2.00. The molecule has 0 unspecified atom stereocenters. The van der Waals surface area contributed by atoms with Crippen LogP contribution in [0.2, 0.25) is 5.02 Å². The van der Waals surface area contributed by atoms with Crippen molar-refractivity contribution in [1.29, 1.82) is 0 Å². The van der Waals surface area contributed by atoms with E-state index in [2.05, 4.69) is 35.6 Å². The number of hydrogen-bond donors (Lipinski definition) is 1. The highest BCUT2D eigenvalue weighted by Gasteiger charge is 2.38. The minimum Gasteiger partial charge on any atom is -0.444 e. The summed E-state index contributed by atoms with van der Waals surface area (Å²) in [6, 6.07) is 16.5. The van der Waals surface area contributed by atoms with E-state index in [9.17, 15) is 4.79 Å². The van der Waals surface area contributed by atoms with Crippen molar-refractivity contribution in [3.8, 4) is 11.1 Å². The molecule has 0 radical (unpaired) electrons. The smallest absolute Gasteiger partial charge is 0.407 e. The summed E-state index contributed by atoms with van der Waals surface area (Å²) in [5.41, 5.74) is 3.15. The van der Waals surface area contributed by atoms with Gasteiger partial charge in [0.05, 0.1) is 0 Å². The topological polar surface area (TPSA) is 38.3 Å². The number of benzene rings is 2. The number of nitrogens with one attached hydrogen (secondary N) is 1. The van der Waals surface area contributed by atoms with Crippen LogP contribution >= 0.6 is 11.6 Å². The van der Waals surface area contributed by atoms with E-state index in [1.807, 2.05) is 39.0 Å². The lowest BCUT2D eigenvalue weighted by Gasteiger charge is -2.19. The van der Waals surface area contributed by atoms with Gasteiger partial charge in [-0.2, -0.15) is 0 Å². The molecular formula is C21H24ClNO2. The molecule has 1 amide bonds. The second-order valence-corrected chi connectivity index (χ2v) is 8.06. The summed E-state index contributed by atoms with van der Waals surface area (Å²) in [7, 11) is 0. The summed E-state index contributed by atoms with van der Waals surface area (Å²) >= 11 is 6.10. The van der Waals surface area contributed by atoms with Crippen molar-refractivity contribution in [3.63, 3.8) is 0 Å². The first kappa shape index (κ1) is 17.8. The Morgan fingerprint density at radius 2 is 1.84 bits per heavy atom. The Morgan fingerprint density at radius 3 is 2.52 bits per heavy atom. The lowest BCUT2D eigenvalue weighted by atomic mass is 10.0. The van der Waals surface area contributed by atoms with Gasteiger partial charge in [-0.05, 0) is 67.9 Å². The average Bonchev–Trinajstić information content (AvgIpc) is 3.31. The van der Waals surface area contributed by atoms with Crippen LogP contribution in [-0.2, 0) is 4.74 Å². The normalized spacial score (nSPS) is 19.4. The van der Waals surface area contributed by atoms with Crippen LogP contribution in [0.15, 0.2) is 48.5 Å². The maximum Gasteiger partial charge on any atom is 0.407 e. The van der Waals surface area contributed by atoms with Gasteiger partial charge in [0.25, 0.3) is 0 Å². The molecule has 2 aromatic rings. The summed E-state index contributed by atoms with van der Waals surface area (Å²) in [6.45, 7) is 6.26. The minimum absolute atomic E-state index is 0.342. The molecule has 0 heterocycles. The van der Waals surface area contributed by atoms with E-state index in [-0.39, 0.29) is 6.09 Å². The second-order valence-electron chi connectivity index (χ2n) is 7.62. The summed E-state index contributed by atoms with van der Waals surface area (Å²) in [5, 5.41) is 3.62. The largest absolute Gasteiger partial charge is 0.444 e. The number of rotatable bonds is 4. The standard InChI is InChI=1S/C21H24ClNO2/c1-21(2,3)25-20(24)23-13-17-12-19(17)16-8-4-6-14(10-16)15-7-5-9-18(22)11-15/h4-11,17,19H,12-13H2,1-3H3,(H,23,24)/t17-,19-/m0/s1. The van der Waals surface area contributed by atoms with Gasteiger partial charge >= 0.3 is 6.09 Å². The second kappa shape index (κ2) is 7.09. The van der Waals surface area contributed by atoms with Gasteiger partial charge in [0.2, 0.25) is 0 Å². The molecule has 0 bridgehead atoms. The Labute approximate surface area is 154 Å². The molecule has 1 aliphatic carbocycles. The molecular weight excluding hydrogens is 334 g/mol. The fourth-order valence-electron chi connectivity index (χ4n) is 3.03.